The molecule has 0 fully saturated rings. The van der Waals surface area contributed by atoms with Gasteiger partial charge in [-0.2, -0.15) is 0 Å². The van der Waals surface area contributed by atoms with Gasteiger partial charge >= 0.3 is 6.09 Å². The summed E-state index contributed by atoms with van der Waals surface area (Å²) in [6, 6.07) is 7.97. The number of hydrogen-bond acceptors (Lipinski definition) is 5. The molecule has 8 nitrogen and oxygen atoms in total. The molecule has 0 aromatic heterocycles. The zero-order valence-corrected chi connectivity index (χ0v) is 19.3. The molecule has 3 amide bonds. The zero-order chi connectivity index (χ0) is 23.8. The summed E-state index contributed by atoms with van der Waals surface area (Å²) in [6.07, 6.45) is -1.20. The molecule has 8 heteroatoms. The van der Waals surface area contributed by atoms with Gasteiger partial charge in [0.2, 0.25) is 11.8 Å². The van der Waals surface area contributed by atoms with Gasteiger partial charge in [0.25, 0.3) is 0 Å². The number of aliphatic hydroxyl groups is 1. The number of alkyl carbamates (subject to hydrolysis) is 1. The van der Waals surface area contributed by atoms with E-state index in [2.05, 4.69) is 10.6 Å². The van der Waals surface area contributed by atoms with E-state index in [1.165, 1.54) is 0 Å². The molecule has 0 bridgehead atoms. The van der Waals surface area contributed by atoms with Gasteiger partial charge in [0.05, 0.1) is 12.1 Å². The number of aliphatic hydroxyl groups excluding tert-OH is 1. The number of carbonyl (C=O) groups excluding carboxylic acids is 3. The molecule has 0 saturated carbocycles. The average Bonchev–Trinajstić information content (AvgIpc) is 2.63. The highest BCUT2D eigenvalue weighted by Gasteiger charge is 2.30. The second kappa shape index (κ2) is 11.7. The van der Waals surface area contributed by atoms with Gasteiger partial charge in [-0.1, -0.05) is 51.1 Å². The lowest BCUT2D eigenvalue weighted by Gasteiger charge is -2.28. The third kappa shape index (κ3) is 9.83. The monoisotopic (exact) mass is 435 g/mol. The van der Waals surface area contributed by atoms with Crippen molar-refractivity contribution in [1.82, 2.24) is 10.6 Å². The van der Waals surface area contributed by atoms with Crippen LogP contribution >= 0.6 is 0 Å². The van der Waals surface area contributed by atoms with E-state index in [1.54, 1.807) is 41.5 Å². The molecule has 0 aliphatic rings. The molecule has 1 aromatic rings. The number of ether oxygens (including phenoxy) is 1. The first-order valence-electron chi connectivity index (χ1n) is 10.6. The Morgan fingerprint density at radius 2 is 1.65 bits per heavy atom. The normalized spacial score (nSPS) is 15.5. The van der Waals surface area contributed by atoms with Crippen molar-refractivity contribution in [3.05, 3.63) is 35.9 Å². The Bertz CT molecular complexity index is 730. The molecule has 174 valence electrons. The van der Waals surface area contributed by atoms with Gasteiger partial charge in [0.15, 0.2) is 0 Å². The summed E-state index contributed by atoms with van der Waals surface area (Å²) in [6.45, 7) is 10.5. The summed E-state index contributed by atoms with van der Waals surface area (Å²) in [5.41, 5.74) is 5.61. The largest absolute Gasteiger partial charge is 0.444 e. The molecule has 31 heavy (non-hydrogen) atoms. The van der Waals surface area contributed by atoms with Crippen LogP contribution in [0, 0.1) is 11.8 Å². The van der Waals surface area contributed by atoms with Crippen molar-refractivity contribution in [2.45, 2.75) is 78.2 Å². The van der Waals surface area contributed by atoms with E-state index in [0.717, 1.165) is 5.56 Å². The summed E-state index contributed by atoms with van der Waals surface area (Å²) in [7, 11) is 0. The fraction of sp³-hybridized carbons (Fsp3) is 0.609. The van der Waals surface area contributed by atoms with Crippen molar-refractivity contribution in [3.8, 4) is 0 Å². The van der Waals surface area contributed by atoms with Crippen molar-refractivity contribution in [2.24, 2.45) is 17.6 Å². The molecule has 0 aliphatic carbocycles. The Morgan fingerprint density at radius 1 is 1.06 bits per heavy atom. The number of amides is 3. The number of hydrogen-bond donors (Lipinski definition) is 4. The van der Waals surface area contributed by atoms with Crippen LogP contribution in [-0.2, 0) is 20.7 Å². The van der Waals surface area contributed by atoms with E-state index < -0.39 is 41.7 Å². The van der Waals surface area contributed by atoms with Gasteiger partial charge in [0.1, 0.15) is 11.6 Å². The van der Waals surface area contributed by atoms with Crippen molar-refractivity contribution in [1.29, 1.82) is 0 Å². The van der Waals surface area contributed by atoms with Crippen LogP contribution in [-0.4, -0.2) is 46.8 Å². The minimum Gasteiger partial charge on any atom is -0.444 e. The molecule has 0 saturated heterocycles. The van der Waals surface area contributed by atoms with Crippen molar-refractivity contribution in [2.75, 3.05) is 0 Å². The highest BCUT2D eigenvalue weighted by Crippen LogP contribution is 2.16. The predicted octanol–water partition coefficient (Wildman–Crippen LogP) is 2.14. The summed E-state index contributed by atoms with van der Waals surface area (Å²) in [5.74, 6) is -1.75. The summed E-state index contributed by atoms with van der Waals surface area (Å²) < 4.78 is 5.32. The van der Waals surface area contributed by atoms with Gasteiger partial charge in [-0.25, -0.2) is 4.79 Å². The topological polar surface area (TPSA) is 131 Å². The number of carbonyl (C=O) groups is 3. The highest BCUT2D eigenvalue weighted by molar-refractivity contribution is 5.87. The van der Waals surface area contributed by atoms with Crippen LogP contribution in [0.15, 0.2) is 30.3 Å². The third-order valence-corrected chi connectivity index (χ3v) is 4.78. The third-order valence-electron chi connectivity index (χ3n) is 4.78. The van der Waals surface area contributed by atoms with E-state index in [0.29, 0.717) is 6.42 Å². The van der Waals surface area contributed by atoms with Crippen LogP contribution in [0.3, 0.4) is 0 Å². The van der Waals surface area contributed by atoms with E-state index in [-0.39, 0.29) is 18.2 Å². The summed E-state index contributed by atoms with van der Waals surface area (Å²) in [4.78, 5) is 36.4. The lowest BCUT2D eigenvalue weighted by molar-refractivity contribution is -0.131. The zero-order valence-electron chi connectivity index (χ0n) is 19.3. The van der Waals surface area contributed by atoms with E-state index in [9.17, 15) is 19.5 Å². The quantitative estimate of drug-likeness (QED) is 0.447. The van der Waals surface area contributed by atoms with Crippen LogP contribution < -0.4 is 16.4 Å². The average molecular weight is 436 g/mol. The fourth-order valence-electron chi connectivity index (χ4n) is 3.11. The van der Waals surface area contributed by atoms with Crippen LogP contribution in [0.2, 0.25) is 0 Å². The second-order valence-electron chi connectivity index (χ2n) is 9.28. The summed E-state index contributed by atoms with van der Waals surface area (Å²) in [5, 5.41) is 16.2. The highest BCUT2D eigenvalue weighted by atomic mass is 16.6. The minimum absolute atomic E-state index is 0.0860. The molecule has 0 heterocycles. The maximum atomic E-state index is 12.5. The van der Waals surface area contributed by atoms with E-state index in [1.807, 2.05) is 30.3 Å². The molecule has 4 atom stereocenters. The first-order valence-corrected chi connectivity index (χ1v) is 10.6. The van der Waals surface area contributed by atoms with Crippen molar-refractivity contribution >= 4 is 17.9 Å². The molecule has 5 N–H and O–H groups in total. The molecule has 1 rings (SSSR count). The standard InChI is InChI=1S/C23H37N3O5/c1-14(2)19(20(24)28)26-21(29)15(3)12-18(27)17(13-16-10-8-7-9-11-16)25-22(30)31-23(4,5)6/h7-11,14-15,17-19,27H,12-13H2,1-6H3,(H2,24,28)(H,25,30)(H,26,29)/t15-,17+,18+,19+/m1/s1. The second-order valence-corrected chi connectivity index (χ2v) is 9.28. The predicted molar refractivity (Wildman–Crippen MR) is 119 cm³/mol. The maximum Gasteiger partial charge on any atom is 0.407 e. The summed E-state index contributed by atoms with van der Waals surface area (Å²) >= 11 is 0. The maximum absolute atomic E-state index is 12.5. The van der Waals surface area contributed by atoms with Gasteiger partial charge < -0.3 is 26.2 Å². The van der Waals surface area contributed by atoms with Crippen LogP contribution in [0.4, 0.5) is 4.79 Å². The Hall–Kier alpha value is -2.61. The number of benzene rings is 1. The Kier molecular flexibility index (Phi) is 9.97. The van der Waals surface area contributed by atoms with Gasteiger partial charge in [-0.15, -0.1) is 0 Å². The van der Waals surface area contributed by atoms with Gasteiger partial charge in [-0.05, 0) is 45.1 Å². The number of nitrogens with two attached hydrogens (primary N) is 1. The van der Waals surface area contributed by atoms with Crippen molar-refractivity contribution < 1.29 is 24.2 Å². The SMILES string of the molecule is CC(C)[C@H](NC(=O)[C@H](C)C[C@H](O)[C@H](Cc1ccccc1)NC(=O)OC(C)(C)C)C(N)=O. The van der Waals surface area contributed by atoms with E-state index >= 15 is 0 Å². The molecule has 0 aliphatic heterocycles. The van der Waals surface area contributed by atoms with Gasteiger partial charge in [0, 0.05) is 5.92 Å². The smallest absolute Gasteiger partial charge is 0.407 e. The molecule has 0 radical (unpaired) electrons. The molecule has 1 aromatic carbocycles. The van der Waals surface area contributed by atoms with Crippen molar-refractivity contribution in [3.63, 3.8) is 0 Å². The lowest BCUT2D eigenvalue weighted by Crippen LogP contribution is -2.51. The van der Waals surface area contributed by atoms with E-state index in [4.69, 9.17) is 10.5 Å². The van der Waals surface area contributed by atoms with Crippen LogP contribution in [0.5, 0.6) is 0 Å². The minimum atomic E-state index is -1.01. The Labute approximate surface area is 184 Å². The van der Waals surface area contributed by atoms with Gasteiger partial charge in [-0.3, -0.25) is 9.59 Å². The molecular weight excluding hydrogens is 398 g/mol. The Morgan fingerprint density at radius 3 is 2.13 bits per heavy atom. The first kappa shape index (κ1) is 26.4. The molecular formula is C23H37N3O5. The molecule has 0 spiro atoms. The lowest BCUT2D eigenvalue weighted by atomic mass is 9.93. The Balaban J connectivity index is 2.87. The van der Waals surface area contributed by atoms with Crippen LogP contribution in [0.25, 0.3) is 0 Å². The number of nitrogens with one attached hydrogen (secondary N) is 2. The first-order chi connectivity index (χ1) is 14.3. The fourth-order valence-corrected chi connectivity index (χ4v) is 3.11. The number of rotatable bonds is 10. The van der Waals surface area contributed by atoms with Crippen LogP contribution in [0.1, 0.15) is 53.5 Å². The molecule has 0 unspecified atom stereocenters. The number of primary amides is 1.